The highest BCUT2D eigenvalue weighted by Gasteiger charge is 2.40. The zero-order valence-corrected chi connectivity index (χ0v) is 15.1. The summed E-state index contributed by atoms with van der Waals surface area (Å²) >= 11 is 5.78. The van der Waals surface area contributed by atoms with Crippen molar-refractivity contribution in [3.8, 4) is 0 Å². The molecule has 3 N–H and O–H groups in total. The van der Waals surface area contributed by atoms with Gasteiger partial charge in [-0.1, -0.05) is 31.2 Å². The van der Waals surface area contributed by atoms with Gasteiger partial charge in [0.1, 0.15) is 5.54 Å². The molecule has 0 aliphatic carbocycles. The van der Waals surface area contributed by atoms with Crippen molar-refractivity contribution < 1.29 is 10.0 Å². The van der Waals surface area contributed by atoms with E-state index in [1.54, 1.807) is 13.0 Å². The van der Waals surface area contributed by atoms with Gasteiger partial charge in [0, 0.05) is 24.7 Å². The number of rotatable bonds is 4. The number of halogens is 1. The summed E-state index contributed by atoms with van der Waals surface area (Å²) in [5, 5.41) is 17.4. The van der Waals surface area contributed by atoms with E-state index >= 15 is 0 Å². The molecular weight excluding hydrogens is 314 g/mol. The van der Waals surface area contributed by atoms with E-state index in [1.807, 2.05) is 0 Å². The Morgan fingerprint density at radius 1 is 1.48 bits per heavy atom. The standard InChI is InChI=1S/C9H16ClN.C8H14N2O2/c1-8(10)6-9(2)4-3-5-11-7-9;1-3-4-8(2)7(11)9-5-6-10(8)12/h11H,1,3-7H2,2H3;3,12H,1,4-6H2,2H3,(H,9,11)/t9-;8-/m00/s1. The van der Waals surface area contributed by atoms with E-state index < -0.39 is 5.54 Å². The Kier molecular flexibility index (Phi) is 7.74. The highest BCUT2D eigenvalue weighted by Crippen LogP contribution is 2.32. The number of piperazine rings is 1. The Hall–Kier alpha value is -0.880. The summed E-state index contributed by atoms with van der Waals surface area (Å²) in [6.45, 7) is 14.5. The highest BCUT2D eigenvalue weighted by atomic mass is 35.5. The summed E-state index contributed by atoms with van der Waals surface area (Å²) in [6.07, 6.45) is 5.57. The van der Waals surface area contributed by atoms with E-state index in [-0.39, 0.29) is 5.91 Å². The maximum absolute atomic E-state index is 11.4. The number of carbonyl (C=O) groups is 1. The van der Waals surface area contributed by atoms with E-state index in [0.717, 1.165) is 29.6 Å². The SMILES string of the molecule is C=C(Cl)C[C@]1(C)CCCNC1.C=CC[C@@]1(C)C(=O)NCCN1O. The average Bonchev–Trinajstić information content (AvgIpc) is 2.45. The number of hydroxylamine groups is 2. The number of amides is 1. The fourth-order valence-corrected chi connectivity index (χ4v) is 3.36. The topological polar surface area (TPSA) is 64.6 Å². The summed E-state index contributed by atoms with van der Waals surface area (Å²) in [6, 6.07) is 0. The monoisotopic (exact) mass is 343 g/mol. The molecule has 1 amide bonds. The van der Waals surface area contributed by atoms with Crippen molar-refractivity contribution >= 4 is 17.5 Å². The van der Waals surface area contributed by atoms with Gasteiger partial charge in [-0.2, -0.15) is 5.06 Å². The van der Waals surface area contributed by atoms with Crippen LogP contribution in [0.4, 0.5) is 0 Å². The number of allylic oxidation sites excluding steroid dienone is 1. The minimum Gasteiger partial charge on any atom is -0.353 e. The molecule has 0 unspecified atom stereocenters. The molecule has 2 saturated heterocycles. The van der Waals surface area contributed by atoms with Gasteiger partial charge in [0.15, 0.2) is 0 Å². The predicted molar refractivity (Wildman–Crippen MR) is 94.5 cm³/mol. The van der Waals surface area contributed by atoms with Crippen molar-refractivity contribution in [3.05, 3.63) is 24.3 Å². The number of hydrogen-bond acceptors (Lipinski definition) is 4. The second-order valence-corrected chi connectivity index (χ2v) is 7.47. The first-order chi connectivity index (χ1) is 10.7. The van der Waals surface area contributed by atoms with Crippen LogP contribution in [-0.4, -0.2) is 47.9 Å². The van der Waals surface area contributed by atoms with E-state index in [4.69, 9.17) is 11.6 Å². The fraction of sp³-hybridized carbons (Fsp3) is 0.706. The molecule has 2 aliphatic rings. The van der Waals surface area contributed by atoms with Crippen LogP contribution in [0.15, 0.2) is 24.3 Å². The van der Waals surface area contributed by atoms with E-state index in [9.17, 15) is 10.0 Å². The Bertz CT molecular complexity index is 436. The zero-order chi connectivity index (χ0) is 17.5. The highest BCUT2D eigenvalue weighted by molar-refractivity contribution is 6.29. The minimum absolute atomic E-state index is 0.142. The summed E-state index contributed by atoms with van der Waals surface area (Å²) < 4.78 is 0. The van der Waals surface area contributed by atoms with Gasteiger partial charge in [-0.05, 0) is 44.6 Å². The van der Waals surface area contributed by atoms with Gasteiger partial charge in [-0.15, -0.1) is 6.58 Å². The summed E-state index contributed by atoms with van der Waals surface area (Å²) in [4.78, 5) is 11.4. The lowest BCUT2D eigenvalue weighted by Gasteiger charge is -2.38. The van der Waals surface area contributed by atoms with Gasteiger partial charge in [0.2, 0.25) is 5.91 Å². The Labute approximate surface area is 144 Å². The molecule has 6 heteroatoms. The number of hydrogen-bond donors (Lipinski definition) is 3. The largest absolute Gasteiger partial charge is 0.353 e. The molecule has 2 rings (SSSR count). The van der Waals surface area contributed by atoms with Gasteiger partial charge in [-0.3, -0.25) is 4.79 Å². The lowest BCUT2D eigenvalue weighted by atomic mass is 9.80. The van der Waals surface area contributed by atoms with Gasteiger partial charge >= 0.3 is 0 Å². The van der Waals surface area contributed by atoms with Crippen molar-refractivity contribution in [2.75, 3.05) is 26.2 Å². The van der Waals surface area contributed by atoms with Crippen molar-refractivity contribution in [2.24, 2.45) is 5.41 Å². The molecule has 2 heterocycles. The van der Waals surface area contributed by atoms with Crippen LogP contribution in [0.25, 0.3) is 0 Å². The Morgan fingerprint density at radius 2 is 2.17 bits per heavy atom. The minimum atomic E-state index is -0.833. The van der Waals surface area contributed by atoms with Crippen LogP contribution >= 0.6 is 11.6 Å². The molecule has 0 aromatic heterocycles. The zero-order valence-electron chi connectivity index (χ0n) is 14.3. The van der Waals surface area contributed by atoms with Crippen molar-refractivity contribution in [1.82, 2.24) is 15.7 Å². The summed E-state index contributed by atoms with van der Waals surface area (Å²) in [7, 11) is 0. The van der Waals surface area contributed by atoms with Crippen LogP contribution in [-0.2, 0) is 4.79 Å². The molecule has 0 spiro atoms. The van der Waals surface area contributed by atoms with Crippen LogP contribution in [0.5, 0.6) is 0 Å². The van der Waals surface area contributed by atoms with E-state index in [0.29, 0.717) is 24.9 Å². The van der Waals surface area contributed by atoms with E-state index in [1.165, 1.54) is 12.8 Å². The number of piperidine rings is 1. The Balaban J connectivity index is 0.000000231. The summed E-state index contributed by atoms with van der Waals surface area (Å²) in [5.41, 5.74) is -0.475. The van der Waals surface area contributed by atoms with Crippen LogP contribution in [0.3, 0.4) is 0 Å². The second-order valence-electron chi connectivity index (χ2n) is 6.93. The quantitative estimate of drug-likeness (QED) is 0.687. The molecular formula is C17H30ClN3O2. The van der Waals surface area contributed by atoms with Crippen LogP contribution in [0, 0.1) is 5.41 Å². The van der Waals surface area contributed by atoms with Crippen molar-refractivity contribution in [1.29, 1.82) is 0 Å². The number of carbonyl (C=O) groups excluding carboxylic acids is 1. The van der Waals surface area contributed by atoms with E-state index in [2.05, 4.69) is 30.7 Å². The molecule has 2 fully saturated rings. The lowest BCUT2D eigenvalue weighted by molar-refractivity contribution is -0.189. The summed E-state index contributed by atoms with van der Waals surface area (Å²) in [5.74, 6) is -0.142. The molecule has 2 aliphatic heterocycles. The van der Waals surface area contributed by atoms with Gasteiger partial charge in [0.25, 0.3) is 0 Å². The third-order valence-electron chi connectivity index (χ3n) is 4.51. The molecule has 132 valence electrons. The molecule has 0 bridgehead atoms. The number of nitrogens with one attached hydrogen (secondary N) is 2. The molecule has 2 atom stereocenters. The lowest BCUT2D eigenvalue weighted by Crippen LogP contribution is -2.61. The van der Waals surface area contributed by atoms with Crippen LogP contribution < -0.4 is 10.6 Å². The Morgan fingerprint density at radius 3 is 2.65 bits per heavy atom. The van der Waals surface area contributed by atoms with Crippen molar-refractivity contribution in [3.63, 3.8) is 0 Å². The predicted octanol–water partition coefficient (Wildman–Crippen LogP) is 2.66. The molecule has 0 aromatic rings. The molecule has 5 nitrogen and oxygen atoms in total. The first-order valence-electron chi connectivity index (χ1n) is 8.13. The maximum Gasteiger partial charge on any atom is 0.242 e. The first kappa shape index (κ1) is 20.2. The third kappa shape index (κ3) is 5.92. The maximum atomic E-state index is 11.4. The third-order valence-corrected chi connectivity index (χ3v) is 4.65. The normalized spacial score (nSPS) is 31.6. The van der Waals surface area contributed by atoms with Crippen LogP contribution in [0.1, 0.15) is 39.5 Å². The van der Waals surface area contributed by atoms with Gasteiger partial charge < -0.3 is 15.8 Å². The van der Waals surface area contributed by atoms with Crippen LogP contribution in [0.2, 0.25) is 0 Å². The molecule has 0 radical (unpaired) electrons. The molecule has 0 aromatic carbocycles. The molecule has 23 heavy (non-hydrogen) atoms. The first-order valence-corrected chi connectivity index (χ1v) is 8.51. The average molecular weight is 344 g/mol. The second kappa shape index (κ2) is 8.83. The smallest absolute Gasteiger partial charge is 0.242 e. The van der Waals surface area contributed by atoms with Gasteiger partial charge in [0.05, 0.1) is 0 Å². The molecule has 0 saturated carbocycles. The number of nitrogens with zero attached hydrogens (tertiary/aromatic N) is 1. The van der Waals surface area contributed by atoms with Crippen molar-refractivity contribution in [2.45, 2.75) is 45.1 Å². The van der Waals surface area contributed by atoms with Gasteiger partial charge in [-0.25, -0.2) is 0 Å². The fourth-order valence-electron chi connectivity index (χ4n) is 3.04.